The number of hydrogen-bond acceptors (Lipinski definition) is 9. The van der Waals surface area contributed by atoms with Crippen LogP contribution in [-0.4, -0.2) is 64.2 Å². The number of rotatable bonds is 6. The number of nitrogen functional groups attached to an aromatic ring is 1. The molecule has 4 heterocycles. The molecule has 0 saturated carbocycles. The van der Waals surface area contributed by atoms with Crippen molar-refractivity contribution in [3.8, 4) is 5.75 Å². The van der Waals surface area contributed by atoms with Gasteiger partial charge in [-0.25, -0.2) is 31.6 Å². The van der Waals surface area contributed by atoms with E-state index in [1.165, 1.54) is 30.0 Å². The van der Waals surface area contributed by atoms with Crippen molar-refractivity contribution in [2.75, 3.05) is 37.1 Å². The molecule has 1 unspecified atom stereocenters. The van der Waals surface area contributed by atoms with Gasteiger partial charge in [0.05, 0.1) is 18.3 Å². The minimum atomic E-state index is -3.47. The number of anilines is 2. The van der Waals surface area contributed by atoms with Gasteiger partial charge in [0, 0.05) is 42.9 Å². The van der Waals surface area contributed by atoms with Crippen LogP contribution in [-0.2, 0) is 15.7 Å². The van der Waals surface area contributed by atoms with E-state index in [9.17, 15) is 21.6 Å². The minimum Gasteiger partial charge on any atom is -0.494 e. The van der Waals surface area contributed by atoms with Gasteiger partial charge in [-0.15, -0.1) is 5.10 Å². The number of piperidine rings is 1. The van der Waals surface area contributed by atoms with E-state index in [-0.39, 0.29) is 23.3 Å². The van der Waals surface area contributed by atoms with Gasteiger partial charge in [-0.3, -0.25) is 4.68 Å². The third-order valence-electron chi connectivity index (χ3n) is 6.06. The Labute approximate surface area is 203 Å². The SMILES string of the molecule is COc1cc2nc(N)n3nc(C4CCCN(c5cn(CS(C)(=O)=O)nc5C(F)F)C4)nc3c2cc1F. The number of halogens is 3. The lowest BCUT2D eigenvalue weighted by Gasteiger charge is -2.32. The van der Waals surface area contributed by atoms with Gasteiger partial charge in [-0.1, -0.05) is 0 Å². The molecule has 0 bridgehead atoms. The summed E-state index contributed by atoms with van der Waals surface area (Å²) in [5.41, 5.74) is 6.48. The van der Waals surface area contributed by atoms with Crippen molar-refractivity contribution in [1.29, 1.82) is 0 Å². The Hall–Kier alpha value is -3.62. The van der Waals surface area contributed by atoms with Crippen LogP contribution in [0.15, 0.2) is 18.3 Å². The van der Waals surface area contributed by atoms with E-state index in [4.69, 9.17) is 10.5 Å². The third kappa shape index (κ3) is 4.38. The van der Waals surface area contributed by atoms with Crippen molar-refractivity contribution in [2.24, 2.45) is 0 Å². The molecular formula is C21H23F3N8O3S. The fraction of sp³-hybridized carbons (Fsp3) is 0.429. The molecule has 1 aromatic carbocycles. The zero-order valence-corrected chi connectivity index (χ0v) is 20.2. The Kier molecular flexibility index (Phi) is 5.89. The number of hydrogen-bond donors (Lipinski definition) is 1. The second-order valence-corrected chi connectivity index (χ2v) is 10.9. The van der Waals surface area contributed by atoms with Crippen LogP contribution < -0.4 is 15.4 Å². The van der Waals surface area contributed by atoms with Gasteiger partial charge in [0.2, 0.25) is 5.95 Å². The number of ether oxygens (including phenoxy) is 1. The monoisotopic (exact) mass is 524 g/mol. The van der Waals surface area contributed by atoms with E-state index in [1.807, 2.05) is 0 Å². The van der Waals surface area contributed by atoms with Crippen LogP contribution in [0.3, 0.4) is 0 Å². The topological polar surface area (TPSA) is 134 Å². The fourth-order valence-corrected chi connectivity index (χ4v) is 5.13. The molecule has 3 aromatic heterocycles. The van der Waals surface area contributed by atoms with Crippen molar-refractivity contribution < 1.29 is 26.3 Å². The van der Waals surface area contributed by atoms with Crippen LogP contribution in [0.1, 0.15) is 36.7 Å². The van der Waals surface area contributed by atoms with Crippen molar-refractivity contribution in [3.63, 3.8) is 0 Å². The summed E-state index contributed by atoms with van der Waals surface area (Å²) in [6.07, 6.45) is 0.795. The van der Waals surface area contributed by atoms with Crippen LogP contribution >= 0.6 is 0 Å². The fourth-order valence-electron chi connectivity index (χ4n) is 4.51. The van der Waals surface area contributed by atoms with Crippen LogP contribution in [0.4, 0.5) is 24.8 Å². The van der Waals surface area contributed by atoms with Gasteiger partial charge in [-0.2, -0.15) is 9.61 Å². The molecule has 11 nitrogen and oxygen atoms in total. The van der Waals surface area contributed by atoms with Crippen LogP contribution in [0.5, 0.6) is 5.75 Å². The highest BCUT2D eigenvalue weighted by Gasteiger charge is 2.30. The number of aromatic nitrogens is 6. The number of benzene rings is 1. The molecule has 0 spiro atoms. The smallest absolute Gasteiger partial charge is 0.284 e. The zero-order valence-electron chi connectivity index (χ0n) is 19.4. The molecule has 1 atom stereocenters. The maximum absolute atomic E-state index is 14.4. The standard InChI is InChI=1S/C21H23F3N8O3S/c1-35-16-7-14-12(6-13(16)22)20-27-19(29-32(20)21(25)26-14)11-4-3-5-30(8-11)15-9-31(10-36(2,33)34)28-17(15)18(23)24/h6-7,9,11,18H,3-5,8,10H2,1-2H3,(H2,25,26). The van der Waals surface area contributed by atoms with Gasteiger partial charge in [0.15, 0.2) is 38.6 Å². The Balaban J connectivity index is 1.51. The Bertz CT molecular complexity index is 1570. The minimum absolute atomic E-state index is 0.0210. The molecule has 0 radical (unpaired) electrons. The molecule has 5 rings (SSSR count). The summed E-state index contributed by atoms with van der Waals surface area (Å²) < 4.78 is 72.5. The number of methoxy groups -OCH3 is 1. The van der Waals surface area contributed by atoms with Crippen molar-refractivity contribution in [2.45, 2.75) is 31.1 Å². The Morgan fingerprint density at radius 1 is 1.25 bits per heavy atom. The first-order valence-corrected chi connectivity index (χ1v) is 13.1. The number of nitrogens with zero attached hydrogens (tertiary/aromatic N) is 7. The lowest BCUT2D eigenvalue weighted by molar-refractivity contribution is 0.145. The zero-order chi connectivity index (χ0) is 25.8. The summed E-state index contributed by atoms with van der Waals surface area (Å²) in [5.74, 6) is -0.845. The van der Waals surface area contributed by atoms with E-state index in [1.54, 1.807) is 4.90 Å². The van der Waals surface area contributed by atoms with Crippen LogP contribution in [0, 0.1) is 5.82 Å². The number of sulfone groups is 1. The molecule has 0 amide bonds. The summed E-state index contributed by atoms with van der Waals surface area (Å²) in [6, 6.07) is 2.68. The number of fused-ring (bicyclic) bond motifs is 3. The molecule has 0 aliphatic carbocycles. The van der Waals surface area contributed by atoms with E-state index in [2.05, 4.69) is 20.2 Å². The van der Waals surface area contributed by atoms with Gasteiger partial charge in [0.1, 0.15) is 5.88 Å². The molecule has 192 valence electrons. The molecule has 36 heavy (non-hydrogen) atoms. The first kappa shape index (κ1) is 24.1. The number of nitrogens with two attached hydrogens (primary N) is 1. The van der Waals surface area contributed by atoms with Crippen molar-refractivity contribution >= 4 is 38.0 Å². The maximum atomic E-state index is 14.4. The van der Waals surface area contributed by atoms with Crippen LogP contribution in [0.2, 0.25) is 0 Å². The summed E-state index contributed by atoms with van der Waals surface area (Å²) in [7, 11) is -2.13. The molecule has 15 heteroatoms. The van der Waals surface area contributed by atoms with E-state index in [0.29, 0.717) is 48.3 Å². The Morgan fingerprint density at radius 2 is 2.03 bits per heavy atom. The van der Waals surface area contributed by atoms with Gasteiger partial charge >= 0.3 is 0 Å². The number of alkyl halides is 2. The highest BCUT2D eigenvalue weighted by Crippen LogP contribution is 2.35. The normalized spacial score (nSPS) is 16.9. The first-order chi connectivity index (χ1) is 17.0. The second-order valence-electron chi connectivity index (χ2n) is 8.76. The second kappa shape index (κ2) is 8.80. The molecule has 4 aromatic rings. The summed E-state index contributed by atoms with van der Waals surface area (Å²) in [6.45, 7) is 0.778. The average Bonchev–Trinajstić information content (AvgIpc) is 3.44. The quantitative estimate of drug-likeness (QED) is 0.404. The van der Waals surface area contributed by atoms with Gasteiger partial charge in [-0.05, 0) is 18.9 Å². The van der Waals surface area contributed by atoms with Gasteiger partial charge < -0.3 is 15.4 Å². The van der Waals surface area contributed by atoms with E-state index >= 15 is 0 Å². The third-order valence-corrected chi connectivity index (χ3v) is 6.79. The molecule has 2 N–H and O–H groups in total. The summed E-state index contributed by atoms with van der Waals surface area (Å²) in [4.78, 5) is 10.6. The molecule has 1 fully saturated rings. The van der Waals surface area contributed by atoms with Gasteiger partial charge in [0.25, 0.3) is 6.43 Å². The molecule has 1 saturated heterocycles. The van der Waals surface area contributed by atoms with Crippen LogP contribution in [0.25, 0.3) is 16.6 Å². The lowest BCUT2D eigenvalue weighted by atomic mass is 9.97. The Morgan fingerprint density at radius 3 is 2.72 bits per heavy atom. The summed E-state index contributed by atoms with van der Waals surface area (Å²) >= 11 is 0. The van der Waals surface area contributed by atoms with E-state index in [0.717, 1.165) is 10.9 Å². The predicted molar refractivity (Wildman–Crippen MR) is 125 cm³/mol. The summed E-state index contributed by atoms with van der Waals surface area (Å²) in [5, 5.41) is 8.70. The average molecular weight is 525 g/mol. The molecular weight excluding hydrogens is 501 g/mol. The lowest BCUT2D eigenvalue weighted by Crippen LogP contribution is -2.35. The first-order valence-electron chi connectivity index (χ1n) is 11.0. The van der Waals surface area contributed by atoms with Crippen molar-refractivity contribution in [1.82, 2.24) is 29.4 Å². The molecule has 1 aliphatic heterocycles. The van der Waals surface area contributed by atoms with E-state index < -0.39 is 33.7 Å². The molecule has 1 aliphatic rings. The largest absolute Gasteiger partial charge is 0.494 e. The highest BCUT2D eigenvalue weighted by atomic mass is 32.2. The highest BCUT2D eigenvalue weighted by molar-refractivity contribution is 7.89. The predicted octanol–water partition coefficient (Wildman–Crippen LogP) is 2.53. The maximum Gasteiger partial charge on any atom is 0.284 e. The van der Waals surface area contributed by atoms with Crippen molar-refractivity contribution in [3.05, 3.63) is 35.7 Å².